The summed E-state index contributed by atoms with van der Waals surface area (Å²) in [4.78, 5) is 36.5. The molecule has 1 aliphatic heterocycles. The molecule has 6 nitrogen and oxygen atoms in total. The van der Waals surface area contributed by atoms with Crippen LogP contribution in [0.1, 0.15) is 24.8 Å². The van der Waals surface area contributed by atoms with Crippen LogP contribution >= 0.6 is 0 Å². The van der Waals surface area contributed by atoms with Gasteiger partial charge in [0.05, 0.1) is 5.92 Å². The Morgan fingerprint density at radius 2 is 1.96 bits per heavy atom. The molecule has 23 heavy (non-hydrogen) atoms. The number of likely N-dealkylation sites (tertiary alicyclic amines) is 1. The van der Waals surface area contributed by atoms with E-state index in [0.29, 0.717) is 25.9 Å². The van der Waals surface area contributed by atoms with Crippen molar-refractivity contribution in [3.8, 4) is 0 Å². The summed E-state index contributed by atoms with van der Waals surface area (Å²) in [6.07, 6.45) is 2.26. The number of aryl methyl sites for hydroxylation is 1. The van der Waals surface area contributed by atoms with Crippen molar-refractivity contribution in [1.29, 1.82) is 0 Å². The summed E-state index contributed by atoms with van der Waals surface area (Å²) in [5.41, 5.74) is 6.34. The first-order valence-corrected chi connectivity index (χ1v) is 7.83. The summed E-state index contributed by atoms with van der Waals surface area (Å²) in [6, 6.07) is 9.62. The number of esters is 1. The highest BCUT2D eigenvalue weighted by Gasteiger charge is 2.27. The Labute approximate surface area is 135 Å². The van der Waals surface area contributed by atoms with Crippen molar-refractivity contribution in [2.75, 3.05) is 19.7 Å². The molecule has 1 aromatic rings. The third-order valence-corrected chi connectivity index (χ3v) is 3.99. The van der Waals surface area contributed by atoms with Gasteiger partial charge in [0.15, 0.2) is 6.61 Å². The first-order valence-electron chi connectivity index (χ1n) is 7.83. The Kier molecular flexibility index (Phi) is 6.14. The number of hydrogen-bond acceptors (Lipinski definition) is 4. The van der Waals surface area contributed by atoms with Crippen LogP contribution in [0.25, 0.3) is 0 Å². The summed E-state index contributed by atoms with van der Waals surface area (Å²) < 4.78 is 5.03. The van der Waals surface area contributed by atoms with E-state index in [9.17, 15) is 14.4 Å². The lowest BCUT2D eigenvalue weighted by Gasteiger charge is -2.31. The zero-order valence-corrected chi connectivity index (χ0v) is 13.1. The lowest BCUT2D eigenvalue weighted by atomic mass is 9.97. The molecular weight excluding hydrogens is 296 g/mol. The van der Waals surface area contributed by atoms with Crippen LogP contribution in [0.3, 0.4) is 0 Å². The van der Waals surface area contributed by atoms with Crippen molar-refractivity contribution in [3.05, 3.63) is 35.9 Å². The van der Waals surface area contributed by atoms with Gasteiger partial charge in [0.25, 0.3) is 5.91 Å². The highest BCUT2D eigenvalue weighted by Crippen LogP contribution is 2.16. The number of primary amides is 1. The highest BCUT2D eigenvalue weighted by molar-refractivity contribution is 5.82. The molecular formula is C17H22N2O4. The molecule has 1 aromatic carbocycles. The van der Waals surface area contributed by atoms with E-state index < -0.39 is 5.97 Å². The minimum Gasteiger partial charge on any atom is -0.456 e. The van der Waals surface area contributed by atoms with Gasteiger partial charge in [0, 0.05) is 19.5 Å². The first-order chi connectivity index (χ1) is 11.1. The number of benzene rings is 1. The van der Waals surface area contributed by atoms with Gasteiger partial charge in [0.1, 0.15) is 0 Å². The summed E-state index contributed by atoms with van der Waals surface area (Å²) >= 11 is 0. The van der Waals surface area contributed by atoms with E-state index in [-0.39, 0.29) is 30.8 Å². The number of ether oxygens (including phenoxy) is 1. The molecule has 2 rings (SSSR count). The van der Waals surface area contributed by atoms with E-state index in [2.05, 4.69) is 0 Å². The third-order valence-electron chi connectivity index (χ3n) is 3.99. The molecule has 1 heterocycles. The summed E-state index contributed by atoms with van der Waals surface area (Å²) in [5, 5.41) is 0. The van der Waals surface area contributed by atoms with Crippen molar-refractivity contribution < 1.29 is 19.1 Å². The van der Waals surface area contributed by atoms with Gasteiger partial charge >= 0.3 is 5.97 Å². The second-order valence-corrected chi connectivity index (χ2v) is 5.73. The van der Waals surface area contributed by atoms with E-state index in [1.54, 1.807) is 4.90 Å². The van der Waals surface area contributed by atoms with Gasteiger partial charge < -0.3 is 15.4 Å². The van der Waals surface area contributed by atoms with Crippen LogP contribution in [0.4, 0.5) is 0 Å². The average Bonchev–Trinajstić information content (AvgIpc) is 2.58. The van der Waals surface area contributed by atoms with Gasteiger partial charge in [-0.1, -0.05) is 30.3 Å². The summed E-state index contributed by atoms with van der Waals surface area (Å²) in [6.45, 7) is 0.610. The monoisotopic (exact) mass is 318 g/mol. The van der Waals surface area contributed by atoms with Gasteiger partial charge in [-0.15, -0.1) is 0 Å². The van der Waals surface area contributed by atoms with Crippen LogP contribution < -0.4 is 5.73 Å². The van der Waals surface area contributed by atoms with Crippen molar-refractivity contribution >= 4 is 17.8 Å². The Hall–Kier alpha value is -2.37. The van der Waals surface area contributed by atoms with E-state index in [1.165, 1.54) is 0 Å². The number of rotatable bonds is 6. The van der Waals surface area contributed by atoms with Gasteiger partial charge in [-0.2, -0.15) is 0 Å². The standard InChI is InChI=1S/C17H22N2O4/c18-17(22)14-7-4-10-19(11-14)15(20)12-23-16(21)9-8-13-5-2-1-3-6-13/h1-3,5-6,14H,4,7-12H2,(H2,18,22)/t14-/m0/s1. The molecule has 1 fully saturated rings. The maximum absolute atomic E-state index is 12.0. The maximum Gasteiger partial charge on any atom is 0.306 e. The number of carbonyl (C=O) groups excluding carboxylic acids is 3. The van der Waals surface area contributed by atoms with Gasteiger partial charge in [0.2, 0.25) is 5.91 Å². The second kappa shape index (κ2) is 8.31. The molecule has 124 valence electrons. The number of amides is 2. The van der Waals surface area contributed by atoms with Crippen molar-refractivity contribution in [3.63, 3.8) is 0 Å². The van der Waals surface area contributed by atoms with E-state index >= 15 is 0 Å². The van der Waals surface area contributed by atoms with Gasteiger partial charge in [-0.05, 0) is 24.8 Å². The molecule has 0 spiro atoms. The van der Waals surface area contributed by atoms with E-state index in [4.69, 9.17) is 10.5 Å². The number of nitrogens with two attached hydrogens (primary N) is 1. The molecule has 0 radical (unpaired) electrons. The van der Waals surface area contributed by atoms with Gasteiger partial charge in [-0.25, -0.2) is 0 Å². The Bertz CT molecular complexity index is 559. The predicted octanol–water partition coefficient (Wildman–Crippen LogP) is 0.886. The lowest BCUT2D eigenvalue weighted by molar-refractivity contribution is -0.153. The fourth-order valence-corrected chi connectivity index (χ4v) is 2.63. The van der Waals surface area contributed by atoms with E-state index in [1.807, 2.05) is 30.3 Å². The molecule has 1 aliphatic rings. The maximum atomic E-state index is 12.0. The number of piperidine rings is 1. The first kappa shape index (κ1) is 17.0. The Balaban J connectivity index is 1.71. The van der Waals surface area contributed by atoms with Crippen LogP contribution in [0.2, 0.25) is 0 Å². The van der Waals surface area contributed by atoms with Crippen molar-refractivity contribution in [2.45, 2.75) is 25.7 Å². The Morgan fingerprint density at radius 1 is 1.22 bits per heavy atom. The van der Waals surface area contributed by atoms with Crippen LogP contribution in [0, 0.1) is 5.92 Å². The number of carbonyl (C=O) groups is 3. The van der Waals surface area contributed by atoms with Crippen LogP contribution in [-0.4, -0.2) is 42.4 Å². The molecule has 0 aromatic heterocycles. The molecule has 2 amide bonds. The molecule has 1 atom stereocenters. The largest absolute Gasteiger partial charge is 0.456 e. The molecule has 0 aliphatic carbocycles. The molecule has 2 N–H and O–H groups in total. The average molecular weight is 318 g/mol. The van der Waals surface area contributed by atoms with Crippen molar-refractivity contribution in [1.82, 2.24) is 4.90 Å². The van der Waals surface area contributed by atoms with Crippen molar-refractivity contribution in [2.24, 2.45) is 11.7 Å². The zero-order chi connectivity index (χ0) is 16.7. The fourth-order valence-electron chi connectivity index (χ4n) is 2.63. The topological polar surface area (TPSA) is 89.7 Å². The second-order valence-electron chi connectivity index (χ2n) is 5.73. The predicted molar refractivity (Wildman–Crippen MR) is 84.2 cm³/mol. The zero-order valence-electron chi connectivity index (χ0n) is 13.1. The normalized spacial score (nSPS) is 17.6. The SMILES string of the molecule is NC(=O)[C@H]1CCCN(C(=O)COC(=O)CCc2ccccc2)C1. The fraction of sp³-hybridized carbons (Fsp3) is 0.471. The molecule has 0 bridgehead atoms. The molecule has 1 saturated heterocycles. The summed E-state index contributed by atoms with van der Waals surface area (Å²) in [5.74, 6) is -1.36. The minimum absolute atomic E-state index is 0.237. The minimum atomic E-state index is -0.398. The smallest absolute Gasteiger partial charge is 0.306 e. The lowest BCUT2D eigenvalue weighted by Crippen LogP contribution is -2.45. The third kappa shape index (κ3) is 5.39. The number of nitrogens with zero attached hydrogens (tertiary/aromatic N) is 1. The van der Waals surface area contributed by atoms with Gasteiger partial charge in [-0.3, -0.25) is 14.4 Å². The molecule has 0 saturated carbocycles. The Morgan fingerprint density at radius 3 is 2.65 bits per heavy atom. The molecule has 0 unspecified atom stereocenters. The number of hydrogen-bond donors (Lipinski definition) is 1. The highest BCUT2D eigenvalue weighted by atomic mass is 16.5. The van der Waals surface area contributed by atoms with Crippen LogP contribution in [0.15, 0.2) is 30.3 Å². The molecule has 6 heteroatoms. The quantitative estimate of drug-likeness (QED) is 0.789. The summed E-state index contributed by atoms with van der Waals surface area (Å²) in [7, 11) is 0. The van der Waals surface area contributed by atoms with Crippen LogP contribution in [0.5, 0.6) is 0 Å². The van der Waals surface area contributed by atoms with Crippen LogP contribution in [-0.2, 0) is 25.5 Å². The van der Waals surface area contributed by atoms with E-state index in [0.717, 1.165) is 12.0 Å².